The molecule has 112 valence electrons. The minimum absolute atomic E-state index is 0. The molecular formula is C15H24N2O3. The first-order chi connectivity index (χ1) is 9.15. The smallest absolute Gasteiger partial charge is 0.253 e. The fourth-order valence-electron chi connectivity index (χ4n) is 2.25. The number of ether oxygens (including phenoxy) is 2. The summed E-state index contributed by atoms with van der Waals surface area (Å²) in [5.74, 6) is 1.22. The van der Waals surface area contributed by atoms with Crippen LogP contribution in [-0.4, -0.2) is 44.2 Å². The normalized spacial score (nSPS) is 15.4. The number of rotatable bonds is 3. The number of hydrogen-bond donors (Lipinski definition) is 1. The maximum Gasteiger partial charge on any atom is 0.253 e. The lowest BCUT2D eigenvalue weighted by Crippen LogP contribution is -2.42. The molecule has 20 heavy (non-hydrogen) atoms. The molecule has 5 heteroatoms. The van der Waals surface area contributed by atoms with Crippen LogP contribution in [0.25, 0.3) is 0 Å². The molecule has 1 fully saturated rings. The second kappa shape index (κ2) is 7.14. The number of carbonyl (C=O) groups excluding carboxylic acids is 1. The summed E-state index contributed by atoms with van der Waals surface area (Å²) in [4.78, 5) is 14.2. The summed E-state index contributed by atoms with van der Waals surface area (Å²) in [5.41, 5.74) is 6.46. The van der Waals surface area contributed by atoms with E-state index in [-0.39, 0.29) is 19.4 Å². The highest BCUT2D eigenvalue weighted by Crippen LogP contribution is 2.28. The molecule has 1 aliphatic heterocycles. The number of nitrogens with two attached hydrogens (primary N) is 1. The molecule has 2 rings (SSSR count). The van der Waals surface area contributed by atoms with Gasteiger partial charge in [-0.25, -0.2) is 0 Å². The molecule has 5 nitrogen and oxygen atoms in total. The van der Waals surface area contributed by atoms with E-state index in [4.69, 9.17) is 15.2 Å². The zero-order chi connectivity index (χ0) is 13.8. The lowest BCUT2D eigenvalue weighted by Gasteiger charge is -2.30. The Labute approximate surface area is 120 Å². The molecule has 1 aromatic rings. The van der Waals surface area contributed by atoms with Crippen LogP contribution >= 0.6 is 0 Å². The van der Waals surface area contributed by atoms with Crippen molar-refractivity contribution in [1.82, 2.24) is 4.90 Å². The SMILES string of the molecule is C.COc1ccc(C(=O)N2CCC(N)CC2)cc1OC. The van der Waals surface area contributed by atoms with Gasteiger partial charge in [-0.2, -0.15) is 0 Å². The van der Waals surface area contributed by atoms with Crippen LogP contribution in [0, 0.1) is 0 Å². The molecule has 0 radical (unpaired) electrons. The number of amides is 1. The molecule has 1 aliphatic rings. The summed E-state index contributed by atoms with van der Waals surface area (Å²) in [5, 5.41) is 0. The van der Waals surface area contributed by atoms with Crippen molar-refractivity contribution in [3.8, 4) is 11.5 Å². The van der Waals surface area contributed by atoms with Gasteiger partial charge in [0.15, 0.2) is 11.5 Å². The van der Waals surface area contributed by atoms with Gasteiger partial charge >= 0.3 is 0 Å². The van der Waals surface area contributed by atoms with Crippen LogP contribution < -0.4 is 15.2 Å². The van der Waals surface area contributed by atoms with Gasteiger partial charge in [0.25, 0.3) is 5.91 Å². The standard InChI is InChI=1S/C14H20N2O3.CH4/c1-18-12-4-3-10(9-13(12)19-2)14(17)16-7-5-11(15)6-8-16;/h3-4,9,11H,5-8,15H2,1-2H3;1H4. The van der Waals surface area contributed by atoms with Gasteiger partial charge in [0.1, 0.15) is 0 Å². The van der Waals surface area contributed by atoms with E-state index in [0.717, 1.165) is 12.8 Å². The van der Waals surface area contributed by atoms with Crippen LogP contribution in [0.1, 0.15) is 30.6 Å². The third-order valence-electron chi connectivity index (χ3n) is 3.46. The minimum atomic E-state index is 0. The predicted octanol–water partition coefficient (Wildman–Crippen LogP) is 1.90. The molecule has 0 unspecified atom stereocenters. The fraction of sp³-hybridized carbons (Fsp3) is 0.533. The van der Waals surface area contributed by atoms with Gasteiger partial charge in [0, 0.05) is 24.7 Å². The van der Waals surface area contributed by atoms with Crippen molar-refractivity contribution in [2.75, 3.05) is 27.3 Å². The van der Waals surface area contributed by atoms with E-state index in [0.29, 0.717) is 30.2 Å². The van der Waals surface area contributed by atoms with Crippen LogP contribution in [0.2, 0.25) is 0 Å². The van der Waals surface area contributed by atoms with Crippen molar-refractivity contribution in [1.29, 1.82) is 0 Å². The second-order valence-corrected chi connectivity index (χ2v) is 4.70. The summed E-state index contributed by atoms with van der Waals surface area (Å²) in [6.45, 7) is 1.43. The lowest BCUT2D eigenvalue weighted by atomic mass is 10.0. The van der Waals surface area contributed by atoms with Crippen molar-refractivity contribution < 1.29 is 14.3 Å². The van der Waals surface area contributed by atoms with Gasteiger partial charge in [-0.05, 0) is 31.0 Å². The highest BCUT2D eigenvalue weighted by Gasteiger charge is 2.22. The molecule has 1 heterocycles. The highest BCUT2D eigenvalue weighted by molar-refractivity contribution is 5.95. The van der Waals surface area contributed by atoms with Crippen molar-refractivity contribution in [2.45, 2.75) is 26.3 Å². The Morgan fingerprint density at radius 3 is 2.35 bits per heavy atom. The topological polar surface area (TPSA) is 64.8 Å². The van der Waals surface area contributed by atoms with Gasteiger partial charge in [-0.1, -0.05) is 7.43 Å². The maximum atomic E-state index is 12.4. The molecule has 0 bridgehead atoms. The maximum absolute atomic E-state index is 12.4. The number of likely N-dealkylation sites (tertiary alicyclic amines) is 1. The molecule has 0 atom stereocenters. The van der Waals surface area contributed by atoms with E-state index in [1.807, 2.05) is 4.90 Å². The largest absolute Gasteiger partial charge is 0.493 e. The number of carbonyl (C=O) groups is 1. The number of hydrogen-bond acceptors (Lipinski definition) is 4. The summed E-state index contributed by atoms with van der Waals surface area (Å²) in [6, 6.07) is 5.45. The van der Waals surface area contributed by atoms with Gasteiger partial charge < -0.3 is 20.1 Å². The molecule has 2 N–H and O–H groups in total. The van der Waals surface area contributed by atoms with E-state index in [1.165, 1.54) is 0 Å². The third kappa shape index (κ3) is 3.42. The summed E-state index contributed by atoms with van der Waals surface area (Å²) in [7, 11) is 3.14. The Kier molecular flexibility index (Phi) is 5.82. The van der Waals surface area contributed by atoms with Crippen LogP contribution in [0.5, 0.6) is 11.5 Å². The average Bonchev–Trinajstić information content (AvgIpc) is 2.46. The van der Waals surface area contributed by atoms with Crippen molar-refractivity contribution in [3.05, 3.63) is 23.8 Å². The molecule has 0 aromatic heterocycles. The Balaban J connectivity index is 0.00000200. The Bertz CT molecular complexity index is 454. The molecule has 1 aromatic carbocycles. The van der Waals surface area contributed by atoms with Gasteiger partial charge in [-0.15, -0.1) is 0 Å². The van der Waals surface area contributed by atoms with E-state index in [9.17, 15) is 4.79 Å². The monoisotopic (exact) mass is 280 g/mol. The number of nitrogens with zero attached hydrogens (tertiary/aromatic N) is 1. The molecule has 0 spiro atoms. The molecular weight excluding hydrogens is 256 g/mol. The van der Waals surface area contributed by atoms with Gasteiger partial charge in [0.2, 0.25) is 0 Å². The number of methoxy groups -OCH3 is 2. The lowest BCUT2D eigenvalue weighted by molar-refractivity contribution is 0.0714. The van der Waals surface area contributed by atoms with Gasteiger partial charge in [-0.3, -0.25) is 4.79 Å². The quantitative estimate of drug-likeness (QED) is 0.918. The van der Waals surface area contributed by atoms with E-state index in [2.05, 4.69) is 0 Å². The number of benzene rings is 1. The minimum Gasteiger partial charge on any atom is -0.493 e. The van der Waals surface area contributed by atoms with Crippen LogP contribution in [0.15, 0.2) is 18.2 Å². The summed E-state index contributed by atoms with van der Waals surface area (Å²) >= 11 is 0. The fourth-order valence-corrected chi connectivity index (χ4v) is 2.25. The van der Waals surface area contributed by atoms with Crippen molar-refractivity contribution in [2.24, 2.45) is 5.73 Å². The third-order valence-corrected chi connectivity index (χ3v) is 3.46. The summed E-state index contributed by atoms with van der Waals surface area (Å²) < 4.78 is 10.4. The van der Waals surface area contributed by atoms with Crippen LogP contribution in [-0.2, 0) is 0 Å². The number of piperidine rings is 1. The Hall–Kier alpha value is -1.75. The first-order valence-corrected chi connectivity index (χ1v) is 6.42. The van der Waals surface area contributed by atoms with Crippen molar-refractivity contribution >= 4 is 5.91 Å². The molecule has 1 saturated heterocycles. The Morgan fingerprint density at radius 2 is 1.80 bits per heavy atom. The van der Waals surface area contributed by atoms with E-state index >= 15 is 0 Å². The zero-order valence-corrected chi connectivity index (χ0v) is 11.4. The second-order valence-electron chi connectivity index (χ2n) is 4.70. The molecule has 0 saturated carbocycles. The molecule has 1 amide bonds. The van der Waals surface area contributed by atoms with E-state index < -0.39 is 0 Å². The highest BCUT2D eigenvalue weighted by atomic mass is 16.5. The van der Waals surface area contributed by atoms with Gasteiger partial charge in [0.05, 0.1) is 14.2 Å². The first-order valence-electron chi connectivity index (χ1n) is 6.42. The molecule has 0 aliphatic carbocycles. The summed E-state index contributed by atoms with van der Waals surface area (Å²) in [6.07, 6.45) is 1.72. The Morgan fingerprint density at radius 1 is 1.20 bits per heavy atom. The first kappa shape index (κ1) is 16.3. The zero-order valence-electron chi connectivity index (χ0n) is 11.4. The predicted molar refractivity (Wildman–Crippen MR) is 79.4 cm³/mol. The van der Waals surface area contributed by atoms with Crippen molar-refractivity contribution in [3.63, 3.8) is 0 Å². The van der Waals surface area contributed by atoms with Crippen LogP contribution in [0.4, 0.5) is 0 Å². The van der Waals surface area contributed by atoms with Crippen LogP contribution in [0.3, 0.4) is 0 Å². The van der Waals surface area contributed by atoms with E-state index in [1.54, 1.807) is 32.4 Å². The average molecular weight is 280 g/mol.